The Bertz CT molecular complexity index is 525. The number of carbonyl (C=O) groups excluding carboxylic acids is 1. The van der Waals surface area contributed by atoms with Gasteiger partial charge in [0.25, 0.3) is 5.91 Å². The first kappa shape index (κ1) is 16.1. The van der Waals surface area contributed by atoms with Crippen LogP contribution in [0.25, 0.3) is 0 Å². The average Bonchev–Trinajstić information content (AvgIpc) is 2.45. The quantitative estimate of drug-likeness (QED) is 0.779. The van der Waals surface area contributed by atoms with Crippen LogP contribution in [0.15, 0.2) is 29.2 Å². The third-order valence-corrected chi connectivity index (χ3v) is 3.61. The molecule has 0 heterocycles. The Labute approximate surface area is 122 Å². The van der Waals surface area contributed by atoms with Crippen LogP contribution in [0, 0.1) is 11.3 Å². The molecule has 0 bridgehead atoms. The van der Waals surface area contributed by atoms with Crippen molar-refractivity contribution in [3.63, 3.8) is 0 Å². The SMILES string of the molecule is CCN(CCC(=O)O)C(=O)c1ccccc1SCC#N. The molecule has 0 aliphatic rings. The van der Waals surface area contributed by atoms with Crippen molar-refractivity contribution in [3.05, 3.63) is 29.8 Å². The van der Waals surface area contributed by atoms with Crippen molar-refractivity contribution in [2.24, 2.45) is 0 Å². The number of amides is 1. The number of rotatable bonds is 7. The molecule has 1 aromatic carbocycles. The van der Waals surface area contributed by atoms with Crippen LogP contribution >= 0.6 is 11.8 Å². The van der Waals surface area contributed by atoms with Crippen molar-refractivity contribution in [2.45, 2.75) is 18.2 Å². The lowest BCUT2D eigenvalue weighted by molar-refractivity contribution is -0.137. The van der Waals surface area contributed by atoms with Crippen LogP contribution in [0.2, 0.25) is 0 Å². The number of carboxylic acid groups (broad SMARTS) is 1. The highest BCUT2D eigenvalue weighted by Gasteiger charge is 2.18. The molecule has 1 rings (SSSR count). The number of benzene rings is 1. The monoisotopic (exact) mass is 292 g/mol. The van der Waals surface area contributed by atoms with Gasteiger partial charge in [0, 0.05) is 18.0 Å². The van der Waals surface area contributed by atoms with E-state index in [0.29, 0.717) is 12.1 Å². The maximum absolute atomic E-state index is 12.4. The Kier molecular flexibility index (Phi) is 6.60. The highest BCUT2D eigenvalue weighted by Crippen LogP contribution is 2.23. The van der Waals surface area contributed by atoms with Crippen molar-refractivity contribution in [1.82, 2.24) is 4.90 Å². The van der Waals surface area contributed by atoms with Gasteiger partial charge in [-0.1, -0.05) is 12.1 Å². The molecule has 20 heavy (non-hydrogen) atoms. The average molecular weight is 292 g/mol. The van der Waals surface area contributed by atoms with Gasteiger partial charge in [-0.2, -0.15) is 5.26 Å². The van der Waals surface area contributed by atoms with Gasteiger partial charge >= 0.3 is 5.97 Å². The van der Waals surface area contributed by atoms with Crippen LogP contribution in [-0.2, 0) is 4.79 Å². The third kappa shape index (κ3) is 4.59. The largest absolute Gasteiger partial charge is 0.481 e. The highest BCUT2D eigenvalue weighted by atomic mass is 32.2. The number of aliphatic carboxylic acids is 1. The first-order valence-corrected chi connectivity index (χ1v) is 7.18. The topological polar surface area (TPSA) is 81.4 Å². The van der Waals surface area contributed by atoms with Crippen molar-refractivity contribution in [3.8, 4) is 6.07 Å². The van der Waals surface area contributed by atoms with Crippen molar-refractivity contribution >= 4 is 23.6 Å². The molecule has 1 amide bonds. The van der Waals surface area contributed by atoms with E-state index in [0.717, 1.165) is 4.90 Å². The molecule has 0 unspecified atom stereocenters. The highest BCUT2D eigenvalue weighted by molar-refractivity contribution is 7.99. The summed E-state index contributed by atoms with van der Waals surface area (Å²) in [4.78, 5) is 25.3. The van der Waals surface area contributed by atoms with E-state index in [1.54, 1.807) is 18.2 Å². The molecule has 1 aromatic rings. The zero-order valence-corrected chi connectivity index (χ0v) is 12.0. The van der Waals surface area contributed by atoms with Gasteiger partial charge in [-0.3, -0.25) is 9.59 Å². The molecule has 0 atom stereocenters. The van der Waals surface area contributed by atoms with E-state index < -0.39 is 5.97 Å². The number of hydrogen-bond donors (Lipinski definition) is 1. The summed E-state index contributed by atoms with van der Waals surface area (Å²) in [5.41, 5.74) is 0.514. The van der Waals surface area contributed by atoms with Crippen molar-refractivity contribution < 1.29 is 14.7 Å². The molecule has 106 valence electrons. The van der Waals surface area contributed by atoms with Gasteiger partial charge in [-0.25, -0.2) is 0 Å². The summed E-state index contributed by atoms with van der Waals surface area (Å²) in [6, 6.07) is 9.09. The Morgan fingerprint density at radius 3 is 2.70 bits per heavy atom. The zero-order chi connectivity index (χ0) is 15.0. The molecule has 1 N–H and O–H groups in total. The molecule has 0 saturated carbocycles. The van der Waals surface area contributed by atoms with Gasteiger partial charge in [0.2, 0.25) is 0 Å². The fraction of sp³-hybridized carbons (Fsp3) is 0.357. The molecular weight excluding hydrogens is 276 g/mol. The van der Waals surface area contributed by atoms with E-state index in [1.807, 2.05) is 19.1 Å². The third-order valence-electron chi connectivity index (χ3n) is 2.67. The number of carboxylic acids is 1. The summed E-state index contributed by atoms with van der Waals surface area (Å²) < 4.78 is 0. The molecule has 0 radical (unpaired) electrons. The Morgan fingerprint density at radius 2 is 2.10 bits per heavy atom. The minimum Gasteiger partial charge on any atom is -0.481 e. The number of thioether (sulfide) groups is 1. The molecule has 5 nitrogen and oxygen atoms in total. The van der Waals surface area contributed by atoms with E-state index in [9.17, 15) is 9.59 Å². The van der Waals surface area contributed by atoms with Crippen molar-refractivity contribution in [2.75, 3.05) is 18.8 Å². The maximum Gasteiger partial charge on any atom is 0.305 e. The number of hydrogen-bond acceptors (Lipinski definition) is 4. The fourth-order valence-electron chi connectivity index (χ4n) is 1.68. The predicted octanol–water partition coefficient (Wildman–Crippen LogP) is 2.24. The second-order valence-corrected chi connectivity index (χ2v) is 4.99. The maximum atomic E-state index is 12.4. The van der Waals surface area contributed by atoms with Gasteiger partial charge in [0.1, 0.15) is 0 Å². The molecule has 0 aromatic heterocycles. The van der Waals surface area contributed by atoms with Crippen LogP contribution in [0.3, 0.4) is 0 Å². The lowest BCUT2D eigenvalue weighted by Gasteiger charge is -2.21. The lowest BCUT2D eigenvalue weighted by atomic mass is 10.2. The van der Waals surface area contributed by atoms with E-state index >= 15 is 0 Å². The van der Waals surface area contributed by atoms with E-state index in [-0.39, 0.29) is 24.6 Å². The number of nitrogens with zero attached hydrogens (tertiary/aromatic N) is 2. The summed E-state index contributed by atoms with van der Waals surface area (Å²) in [6.45, 7) is 2.44. The van der Waals surface area contributed by atoms with E-state index in [1.165, 1.54) is 16.7 Å². The summed E-state index contributed by atoms with van der Waals surface area (Å²) in [5, 5.41) is 17.3. The Morgan fingerprint density at radius 1 is 1.40 bits per heavy atom. The molecule has 0 saturated heterocycles. The zero-order valence-electron chi connectivity index (χ0n) is 11.2. The van der Waals surface area contributed by atoms with Crippen LogP contribution in [0.1, 0.15) is 23.7 Å². The molecule has 0 spiro atoms. The molecule has 0 fully saturated rings. The molecule has 6 heteroatoms. The summed E-state index contributed by atoms with van der Waals surface area (Å²) in [5.74, 6) is -0.857. The number of carbonyl (C=O) groups is 2. The lowest BCUT2D eigenvalue weighted by Crippen LogP contribution is -2.33. The van der Waals surface area contributed by atoms with Gasteiger partial charge in [0.05, 0.1) is 23.8 Å². The normalized spacial score (nSPS) is 9.80. The van der Waals surface area contributed by atoms with Crippen LogP contribution in [0.4, 0.5) is 0 Å². The molecule has 0 aliphatic heterocycles. The van der Waals surface area contributed by atoms with Gasteiger partial charge in [-0.05, 0) is 19.1 Å². The van der Waals surface area contributed by atoms with E-state index in [2.05, 4.69) is 0 Å². The van der Waals surface area contributed by atoms with Crippen LogP contribution < -0.4 is 0 Å². The molecular formula is C14H16N2O3S. The standard InChI is InChI=1S/C14H16N2O3S/c1-2-16(9-7-13(17)18)14(19)11-5-3-4-6-12(11)20-10-8-15/h3-6H,2,7,9-10H2,1H3,(H,17,18). The summed E-state index contributed by atoms with van der Waals surface area (Å²) >= 11 is 1.30. The van der Waals surface area contributed by atoms with Crippen LogP contribution in [0.5, 0.6) is 0 Å². The van der Waals surface area contributed by atoms with Gasteiger partial charge in [0.15, 0.2) is 0 Å². The molecule has 0 aliphatic carbocycles. The summed E-state index contributed by atoms with van der Waals surface area (Å²) in [7, 11) is 0. The first-order valence-electron chi connectivity index (χ1n) is 6.20. The minimum absolute atomic E-state index is 0.0763. The second kappa shape index (κ2) is 8.23. The minimum atomic E-state index is -0.927. The van der Waals surface area contributed by atoms with Crippen molar-refractivity contribution in [1.29, 1.82) is 5.26 Å². The Hall–Kier alpha value is -2.00. The predicted molar refractivity (Wildman–Crippen MR) is 76.6 cm³/mol. The first-order chi connectivity index (χ1) is 9.60. The van der Waals surface area contributed by atoms with Gasteiger partial charge < -0.3 is 10.0 Å². The van der Waals surface area contributed by atoms with Gasteiger partial charge in [-0.15, -0.1) is 11.8 Å². The Balaban J connectivity index is 2.88. The fourth-order valence-corrected chi connectivity index (χ4v) is 2.39. The number of nitriles is 1. The van der Waals surface area contributed by atoms with E-state index in [4.69, 9.17) is 10.4 Å². The van der Waals surface area contributed by atoms with Crippen LogP contribution in [-0.4, -0.2) is 40.7 Å². The second-order valence-electron chi connectivity index (χ2n) is 3.97. The smallest absolute Gasteiger partial charge is 0.305 e. The summed E-state index contributed by atoms with van der Waals surface area (Å²) in [6.07, 6.45) is -0.0763.